The van der Waals surface area contributed by atoms with E-state index in [1.807, 2.05) is 6.07 Å². The smallest absolute Gasteiger partial charge is 0.248 e. The maximum atomic E-state index is 12.3. The number of anilines is 1. The van der Waals surface area contributed by atoms with Crippen LogP contribution in [0, 0.1) is 11.3 Å². The summed E-state index contributed by atoms with van der Waals surface area (Å²) >= 11 is 0. The molecule has 0 aliphatic heterocycles. The molecule has 0 bridgehead atoms. The van der Waals surface area contributed by atoms with Crippen LogP contribution in [0.5, 0.6) is 11.5 Å². The van der Waals surface area contributed by atoms with Gasteiger partial charge in [0.05, 0.1) is 12.8 Å². The van der Waals surface area contributed by atoms with E-state index in [1.165, 1.54) is 13.2 Å². The summed E-state index contributed by atoms with van der Waals surface area (Å²) in [6.07, 6.45) is 8.07. The summed E-state index contributed by atoms with van der Waals surface area (Å²) in [7, 11) is 1.51. The Balaban J connectivity index is 1.72. The van der Waals surface area contributed by atoms with Gasteiger partial charge in [-0.15, -0.1) is 0 Å². The SMILES string of the molecule is COc1cc(/C=C/C(=O)Nc2cccnc2-n2cccn2)ccc1OCC#N. The summed E-state index contributed by atoms with van der Waals surface area (Å²) in [5, 5.41) is 15.5. The Labute approximate surface area is 161 Å². The summed E-state index contributed by atoms with van der Waals surface area (Å²) < 4.78 is 12.1. The summed E-state index contributed by atoms with van der Waals surface area (Å²) in [6.45, 7) is -0.0718. The van der Waals surface area contributed by atoms with Gasteiger partial charge in [-0.25, -0.2) is 9.67 Å². The molecule has 8 heteroatoms. The van der Waals surface area contributed by atoms with Gasteiger partial charge in [0.2, 0.25) is 5.91 Å². The molecule has 8 nitrogen and oxygen atoms in total. The molecule has 1 aromatic carbocycles. The van der Waals surface area contributed by atoms with Crippen molar-refractivity contribution in [3.63, 3.8) is 0 Å². The number of carbonyl (C=O) groups is 1. The van der Waals surface area contributed by atoms with Gasteiger partial charge in [-0.1, -0.05) is 6.07 Å². The number of hydrogen-bond donors (Lipinski definition) is 1. The van der Waals surface area contributed by atoms with Crippen LogP contribution in [0.1, 0.15) is 5.56 Å². The molecule has 0 aliphatic carbocycles. The third-order valence-corrected chi connectivity index (χ3v) is 3.67. The van der Waals surface area contributed by atoms with Crippen molar-refractivity contribution in [3.05, 3.63) is 66.6 Å². The van der Waals surface area contributed by atoms with Gasteiger partial charge >= 0.3 is 0 Å². The number of benzene rings is 1. The first-order chi connectivity index (χ1) is 13.7. The van der Waals surface area contributed by atoms with E-state index in [4.69, 9.17) is 14.7 Å². The first kappa shape index (κ1) is 18.7. The van der Waals surface area contributed by atoms with Gasteiger partial charge in [-0.2, -0.15) is 10.4 Å². The van der Waals surface area contributed by atoms with Crippen LogP contribution in [0.3, 0.4) is 0 Å². The number of nitriles is 1. The average Bonchev–Trinajstić information content (AvgIpc) is 3.26. The van der Waals surface area contributed by atoms with E-state index >= 15 is 0 Å². The molecule has 0 unspecified atom stereocenters. The molecule has 3 aromatic rings. The average molecular weight is 375 g/mol. The highest BCUT2D eigenvalue weighted by Crippen LogP contribution is 2.28. The van der Waals surface area contributed by atoms with Crippen LogP contribution in [-0.4, -0.2) is 34.4 Å². The molecule has 28 heavy (non-hydrogen) atoms. The van der Waals surface area contributed by atoms with E-state index in [2.05, 4.69) is 15.4 Å². The van der Waals surface area contributed by atoms with Crippen LogP contribution < -0.4 is 14.8 Å². The number of nitrogens with zero attached hydrogens (tertiary/aromatic N) is 4. The third-order valence-electron chi connectivity index (χ3n) is 3.67. The van der Waals surface area contributed by atoms with Crippen LogP contribution >= 0.6 is 0 Å². The van der Waals surface area contributed by atoms with Crippen molar-refractivity contribution in [1.82, 2.24) is 14.8 Å². The third kappa shape index (κ3) is 4.53. The molecular formula is C20H17N5O3. The Bertz CT molecular complexity index is 1020. The second kappa shape index (κ2) is 9.00. The lowest BCUT2D eigenvalue weighted by atomic mass is 10.2. The van der Waals surface area contributed by atoms with E-state index < -0.39 is 0 Å². The first-order valence-electron chi connectivity index (χ1n) is 8.33. The molecule has 0 atom stereocenters. The number of carbonyl (C=O) groups excluding carboxylic acids is 1. The van der Waals surface area contributed by atoms with Gasteiger partial charge in [0.25, 0.3) is 0 Å². The molecule has 0 aliphatic rings. The summed E-state index contributed by atoms with van der Waals surface area (Å²) in [4.78, 5) is 16.6. The largest absolute Gasteiger partial charge is 0.493 e. The zero-order chi connectivity index (χ0) is 19.8. The Morgan fingerprint density at radius 1 is 1.29 bits per heavy atom. The predicted molar refractivity (Wildman–Crippen MR) is 103 cm³/mol. The molecular weight excluding hydrogens is 358 g/mol. The molecule has 0 spiro atoms. The first-order valence-corrected chi connectivity index (χ1v) is 8.33. The molecule has 2 heterocycles. The standard InChI is InChI=1S/C20H17N5O3/c1-27-18-14-15(5-7-17(18)28-13-9-21)6-8-19(26)24-16-4-2-10-22-20(16)25-12-3-11-23-25/h2-8,10-12,14H,13H2,1H3,(H,24,26)/b8-6+. The van der Waals surface area contributed by atoms with E-state index in [1.54, 1.807) is 65.7 Å². The maximum absolute atomic E-state index is 12.3. The van der Waals surface area contributed by atoms with Gasteiger partial charge in [0.1, 0.15) is 6.07 Å². The molecule has 0 fully saturated rings. The van der Waals surface area contributed by atoms with E-state index in [0.29, 0.717) is 23.0 Å². The van der Waals surface area contributed by atoms with Crippen molar-refractivity contribution in [2.24, 2.45) is 0 Å². The highest BCUT2D eigenvalue weighted by Gasteiger charge is 2.08. The van der Waals surface area contributed by atoms with Gasteiger partial charge in [-0.3, -0.25) is 4.79 Å². The highest BCUT2D eigenvalue weighted by molar-refractivity contribution is 6.02. The number of ether oxygens (including phenoxy) is 2. The van der Waals surface area contributed by atoms with Crippen LogP contribution in [0.15, 0.2) is 61.1 Å². The molecule has 1 amide bonds. The Morgan fingerprint density at radius 2 is 2.18 bits per heavy atom. The number of rotatable bonds is 7. The maximum Gasteiger partial charge on any atom is 0.248 e. The molecule has 1 N–H and O–H groups in total. The fourth-order valence-electron chi connectivity index (χ4n) is 2.43. The minimum absolute atomic E-state index is 0.0718. The minimum Gasteiger partial charge on any atom is -0.493 e. The number of pyridine rings is 1. The summed E-state index contributed by atoms with van der Waals surface area (Å²) in [6, 6.07) is 12.3. The van der Waals surface area contributed by atoms with Gasteiger partial charge in [0, 0.05) is 24.7 Å². The molecule has 0 saturated heterocycles. The Morgan fingerprint density at radius 3 is 2.93 bits per heavy atom. The lowest BCUT2D eigenvalue weighted by molar-refractivity contribution is -0.111. The predicted octanol–water partition coefficient (Wildman–Crippen LogP) is 2.83. The van der Waals surface area contributed by atoms with Gasteiger partial charge in [0.15, 0.2) is 23.9 Å². The van der Waals surface area contributed by atoms with Crippen molar-refractivity contribution in [2.75, 3.05) is 19.0 Å². The Kier molecular flexibility index (Phi) is 6.00. The van der Waals surface area contributed by atoms with Crippen LogP contribution in [-0.2, 0) is 4.79 Å². The molecule has 2 aromatic heterocycles. The van der Waals surface area contributed by atoms with Crippen LogP contribution in [0.4, 0.5) is 5.69 Å². The zero-order valence-electron chi connectivity index (χ0n) is 15.1. The fraction of sp³-hybridized carbons (Fsp3) is 0.100. The molecule has 140 valence electrons. The van der Waals surface area contributed by atoms with Crippen molar-refractivity contribution in [1.29, 1.82) is 5.26 Å². The second-order valence-corrected chi connectivity index (χ2v) is 5.50. The van der Waals surface area contributed by atoms with E-state index in [-0.39, 0.29) is 12.5 Å². The van der Waals surface area contributed by atoms with Crippen molar-refractivity contribution >= 4 is 17.7 Å². The quantitative estimate of drug-likeness (QED) is 0.637. The number of hydrogen-bond acceptors (Lipinski definition) is 6. The zero-order valence-corrected chi connectivity index (χ0v) is 15.1. The van der Waals surface area contributed by atoms with E-state index in [0.717, 1.165) is 5.56 Å². The number of nitrogens with one attached hydrogen (secondary N) is 1. The van der Waals surface area contributed by atoms with Crippen LogP contribution in [0.25, 0.3) is 11.9 Å². The summed E-state index contributed by atoms with van der Waals surface area (Å²) in [5.41, 5.74) is 1.29. The summed E-state index contributed by atoms with van der Waals surface area (Å²) in [5.74, 6) is 1.15. The van der Waals surface area contributed by atoms with Gasteiger partial charge < -0.3 is 14.8 Å². The van der Waals surface area contributed by atoms with Gasteiger partial charge in [-0.05, 0) is 42.0 Å². The molecule has 3 rings (SSSR count). The van der Waals surface area contributed by atoms with Crippen LogP contribution in [0.2, 0.25) is 0 Å². The monoisotopic (exact) mass is 375 g/mol. The topological polar surface area (TPSA) is 102 Å². The Hall–Kier alpha value is -4.12. The van der Waals surface area contributed by atoms with E-state index in [9.17, 15) is 4.79 Å². The molecule has 0 radical (unpaired) electrons. The number of amides is 1. The number of methoxy groups -OCH3 is 1. The lowest BCUT2D eigenvalue weighted by Gasteiger charge is -2.09. The number of aromatic nitrogens is 3. The van der Waals surface area contributed by atoms with Crippen molar-refractivity contribution in [2.45, 2.75) is 0 Å². The fourth-order valence-corrected chi connectivity index (χ4v) is 2.43. The normalized spacial score (nSPS) is 10.4. The minimum atomic E-state index is -0.315. The highest BCUT2D eigenvalue weighted by atomic mass is 16.5. The lowest BCUT2D eigenvalue weighted by Crippen LogP contribution is -2.11. The van der Waals surface area contributed by atoms with Crippen molar-refractivity contribution < 1.29 is 14.3 Å². The molecule has 0 saturated carbocycles. The van der Waals surface area contributed by atoms with Crippen molar-refractivity contribution in [3.8, 4) is 23.4 Å². The second-order valence-electron chi connectivity index (χ2n) is 5.50.